The van der Waals surface area contributed by atoms with Gasteiger partial charge in [0.25, 0.3) is 0 Å². The number of rotatable bonds is 6. The average molecular weight is 747 g/mol. The van der Waals surface area contributed by atoms with Gasteiger partial charge in [-0.1, -0.05) is 134 Å². The van der Waals surface area contributed by atoms with Gasteiger partial charge in [-0.2, -0.15) is 0 Å². The number of anilines is 6. The first kappa shape index (κ1) is 34.6. The summed E-state index contributed by atoms with van der Waals surface area (Å²) >= 11 is 0. The number of fused-ring (bicyclic) bond motifs is 2. The van der Waals surface area contributed by atoms with E-state index < -0.39 is 0 Å². The van der Waals surface area contributed by atoms with E-state index >= 15 is 0 Å². The van der Waals surface area contributed by atoms with Gasteiger partial charge in [0, 0.05) is 38.3 Å². The highest BCUT2D eigenvalue weighted by atomic mass is 15.2. The van der Waals surface area contributed by atoms with Gasteiger partial charge in [-0.3, -0.25) is 0 Å². The molecule has 0 N–H and O–H groups in total. The van der Waals surface area contributed by atoms with E-state index in [2.05, 4.69) is 208 Å². The van der Waals surface area contributed by atoms with E-state index in [1.165, 1.54) is 110 Å². The van der Waals surface area contributed by atoms with Gasteiger partial charge >= 0.3 is 0 Å². The lowest BCUT2D eigenvalue weighted by atomic mass is 9.70. The van der Waals surface area contributed by atoms with E-state index in [4.69, 9.17) is 0 Å². The molecule has 0 fully saturated rings. The first-order valence-corrected chi connectivity index (χ1v) is 20.7. The summed E-state index contributed by atoms with van der Waals surface area (Å²) in [5.41, 5.74) is 13.8. The molecule has 0 aliphatic heterocycles. The van der Waals surface area contributed by atoms with Gasteiger partial charge in [-0.15, -0.1) is 0 Å². The molecule has 2 nitrogen and oxygen atoms in total. The topological polar surface area (TPSA) is 6.48 Å². The van der Waals surface area contributed by atoms with Crippen LogP contribution in [0.2, 0.25) is 0 Å². The second kappa shape index (κ2) is 12.9. The van der Waals surface area contributed by atoms with Gasteiger partial charge in [0.2, 0.25) is 0 Å². The fraction of sp³-hybridized carbons (Fsp3) is 0.143. The molecule has 0 atom stereocenters. The summed E-state index contributed by atoms with van der Waals surface area (Å²) in [5.74, 6) is 0. The Morgan fingerprint density at radius 1 is 0.414 bits per heavy atom. The van der Waals surface area contributed by atoms with Crippen LogP contribution in [0.25, 0.3) is 53.9 Å². The van der Waals surface area contributed by atoms with Gasteiger partial charge in [0.05, 0.1) is 22.7 Å². The van der Waals surface area contributed by atoms with Gasteiger partial charge in [-0.05, 0) is 137 Å². The highest BCUT2D eigenvalue weighted by Gasteiger charge is 2.34. The van der Waals surface area contributed by atoms with Crippen molar-refractivity contribution in [2.24, 2.45) is 0 Å². The number of benzene rings is 10. The van der Waals surface area contributed by atoms with Crippen LogP contribution in [0.4, 0.5) is 34.1 Å². The van der Waals surface area contributed by atoms with Crippen molar-refractivity contribution in [3.8, 4) is 0 Å². The summed E-state index contributed by atoms with van der Waals surface area (Å²) in [7, 11) is 0. The largest absolute Gasteiger partial charge is 0.309 e. The molecule has 0 unspecified atom stereocenters. The summed E-state index contributed by atoms with van der Waals surface area (Å²) < 4.78 is 0. The van der Waals surface area contributed by atoms with Crippen molar-refractivity contribution in [3.63, 3.8) is 0 Å². The lowest BCUT2D eigenvalue weighted by Crippen LogP contribution is -2.24. The second-order valence-electron chi connectivity index (χ2n) is 17.2. The molecule has 0 aromatic heterocycles. The maximum absolute atomic E-state index is 2.58. The van der Waals surface area contributed by atoms with Crippen LogP contribution in [0.3, 0.4) is 0 Å². The monoisotopic (exact) mass is 746 g/mol. The number of hydrogen-bond donors (Lipinski definition) is 0. The molecule has 1 aliphatic rings. The first-order valence-electron chi connectivity index (χ1n) is 20.7. The van der Waals surface area contributed by atoms with Crippen LogP contribution in [-0.4, -0.2) is 0 Å². The van der Waals surface area contributed by atoms with E-state index in [1.54, 1.807) is 0 Å². The molecule has 0 radical (unpaired) electrons. The van der Waals surface area contributed by atoms with Gasteiger partial charge in [-0.25, -0.2) is 0 Å². The van der Waals surface area contributed by atoms with Crippen LogP contribution in [-0.2, 0) is 11.8 Å². The van der Waals surface area contributed by atoms with Crippen LogP contribution in [0.5, 0.6) is 0 Å². The minimum absolute atomic E-state index is 0.00384. The third-order valence-electron chi connectivity index (χ3n) is 13.1. The summed E-state index contributed by atoms with van der Waals surface area (Å²) in [4.78, 5) is 5.06. The molecule has 10 aromatic carbocycles. The molecule has 0 saturated heterocycles. The van der Waals surface area contributed by atoms with E-state index in [0.717, 1.165) is 18.5 Å². The molecule has 11 rings (SSSR count). The smallest absolute Gasteiger partial charge is 0.0543 e. The van der Waals surface area contributed by atoms with Crippen LogP contribution in [0.1, 0.15) is 48.1 Å². The number of aryl methyl sites for hydroxylation is 4. The number of nitrogens with zero attached hydrogens (tertiary/aromatic N) is 2. The normalized spacial score (nSPS) is 13.6. The van der Waals surface area contributed by atoms with Crippen LogP contribution >= 0.6 is 0 Å². The van der Waals surface area contributed by atoms with Gasteiger partial charge < -0.3 is 9.80 Å². The maximum atomic E-state index is 2.58. The molecule has 0 spiro atoms. The Morgan fingerprint density at radius 2 is 0.931 bits per heavy atom. The molecule has 280 valence electrons. The molecule has 0 saturated carbocycles. The molecular formula is C56H46N2. The minimum atomic E-state index is 0.00384. The van der Waals surface area contributed by atoms with E-state index in [1.807, 2.05) is 0 Å². The maximum Gasteiger partial charge on any atom is 0.0543 e. The van der Waals surface area contributed by atoms with Crippen LogP contribution in [0.15, 0.2) is 164 Å². The van der Waals surface area contributed by atoms with Crippen molar-refractivity contribution < 1.29 is 0 Å². The Bertz CT molecular complexity index is 3210. The third kappa shape index (κ3) is 5.24. The Kier molecular flexibility index (Phi) is 7.72. The predicted molar refractivity (Wildman–Crippen MR) is 250 cm³/mol. The summed E-state index contributed by atoms with van der Waals surface area (Å²) in [6.45, 7) is 11.6. The van der Waals surface area contributed by atoms with Crippen molar-refractivity contribution in [2.75, 3.05) is 9.80 Å². The van der Waals surface area contributed by atoms with E-state index in [0.29, 0.717) is 0 Å². The Labute approximate surface area is 340 Å². The molecule has 58 heavy (non-hydrogen) atoms. The standard InChI is InChI=1S/C56H46N2/c1-35-20-24-41(25-21-35)57(49-18-10-14-38-12-6-8-16-44(38)49)51-32-37(3)43-28-29-46-52(33-40-30-31-56(4,5)48-34-47(51)54(43)55(46)53(40)48)58(42-26-22-36(2)23-27-42)50-19-11-15-39-13-7-9-17-45(39)50/h6-29,32-34H,30-31H2,1-5H3. The van der Waals surface area contributed by atoms with Crippen molar-refractivity contribution in [2.45, 2.75) is 52.9 Å². The molecular weight excluding hydrogens is 701 g/mol. The highest BCUT2D eigenvalue weighted by molar-refractivity contribution is 6.30. The highest BCUT2D eigenvalue weighted by Crippen LogP contribution is 2.54. The fourth-order valence-corrected chi connectivity index (χ4v) is 10.0. The molecule has 10 aromatic rings. The van der Waals surface area contributed by atoms with Crippen LogP contribution < -0.4 is 9.80 Å². The van der Waals surface area contributed by atoms with Crippen molar-refractivity contribution >= 4 is 88.0 Å². The molecule has 0 bridgehead atoms. The first-order chi connectivity index (χ1) is 28.2. The summed E-state index contributed by atoms with van der Waals surface area (Å²) in [6.07, 6.45) is 2.13. The van der Waals surface area contributed by atoms with E-state index in [9.17, 15) is 0 Å². The molecule has 0 amide bonds. The quantitative estimate of drug-likeness (QED) is 0.156. The van der Waals surface area contributed by atoms with Crippen molar-refractivity contribution in [1.82, 2.24) is 0 Å². The Balaban J connectivity index is 1.29. The average Bonchev–Trinajstić information content (AvgIpc) is 3.24. The predicted octanol–water partition coefficient (Wildman–Crippen LogP) is 16.0. The van der Waals surface area contributed by atoms with Crippen LogP contribution in [0, 0.1) is 20.8 Å². The zero-order valence-corrected chi connectivity index (χ0v) is 33.9. The summed E-state index contributed by atoms with van der Waals surface area (Å²) in [6, 6.07) is 61.6. The summed E-state index contributed by atoms with van der Waals surface area (Å²) in [5, 5.41) is 13.0. The molecule has 1 aliphatic carbocycles. The number of hydrogen-bond acceptors (Lipinski definition) is 2. The fourth-order valence-electron chi connectivity index (χ4n) is 10.0. The van der Waals surface area contributed by atoms with Gasteiger partial charge in [0.1, 0.15) is 0 Å². The zero-order chi connectivity index (χ0) is 39.3. The Hall–Kier alpha value is -6.64. The lowest BCUT2D eigenvalue weighted by Gasteiger charge is -2.37. The third-order valence-corrected chi connectivity index (χ3v) is 13.1. The van der Waals surface area contributed by atoms with Crippen molar-refractivity contribution in [1.29, 1.82) is 0 Å². The van der Waals surface area contributed by atoms with Gasteiger partial charge in [0.15, 0.2) is 0 Å². The Morgan fingerprint density at radius 3 is 1.52 bits per heavy atom. The second-order valence-corrected chi connectivity index (χ2v) is 17.2. The SMILES string of the molecule is Cc1ccc(N(c2cccc3ccccc23)c2cc(C)c3ccc4c(N(c5ccc(C)cc5)c5cccc6ccccc56)cc5c6c(cc2c3c46)C(C)(C)CC5)cc1. The molecule has 2 heteroatoms. The lowest BCUT2D eigenvalue weighted by molar-refractivity contribution is 0.475. The van der Waals surface area contributed by atoms with E-state index in [-0.39, 0.29) is 5.41 Å². The van der Waals surface area contributed by atoms with Crippen molar-refractivity contribution in [3.05, 3.63) is 192 Å². The minimum Gasteiger partial charge on any atom is -0.309 e. The zero-order valence-electron chi connectivity index (χ0n) is 33.9. The molecule has 0 heterocycles.